The van der Waals surface area contributed by atoms with E-state index in [0.29, 0.717) is 6.54 Å². The number of aryl methyl sites for hydroxylation is 2. The second-order valence-electron chi connectivity index (χ2n) is 7.81. The molecule has 6 nitrogen and oxygen atoms in total. The Morgan fingerprint density at radius 2 is 1.83 bits per heavy atom. The van der Waals surface area contributed by atoms with Gasteiger partial charge in [0.15, 0.2) is 0 Å². The molecule has 0 spiro atoms. The van der Waals surface area contributed by atoms with Crippen LogP contribution in [0.3, 0.4) is 0 Å². The van der Waals surface area contributed by atoms with Crippen LogP contribution in [0, 0.1) is 13.8 Å². The Kier molecular flexibility index (Phi) is 4.73. The quantitative estimate of drug-likeness (QED) is 0.776. The molecule has 0 aliphatic carbocycles. The van der Waals surface area contributed by atoms with Crippen LogP contribution in [0.5, 0.6) is 0 Å². The number of sulfonamides is 1. The van der Waals surface area contributed by atoms with Crippen LogP contribution in [-0.2, 0) is 14.8 Å². The summed E-state index contributed by atoms with van der Waals surface area (Å²) in [5, 5.41) is 0. The van der Waals surface area contributed by atoms with Crippen LogP contribution in [0.2, 0.25) is 0 Å². The lowest BCUT2D eigenvalue weighted by Gasteiger charge is -2.31. The lowest BCUT2D eigenvalue weighted by Crippen LogP contribution is -2.49. The molecule has 0 bridgehead atoms. The molecule has 2 atom stereocenters. The fraction of sp³-hybridized carbons (Fsp3) is 0.364. The van der Waals surface area contributed by atoms with Crippen molar-refractivity contribution in [3.8, 4) is 0 Å². The summed E-state index contributed by atoms with van der Waals surface area (Å²) in [5.41, 5.74) is 3.51. The van der Waals surface area contributed by atoms with Gasteiger partial charge in [0.05, 0.1) is 11.6 Å². The minimum absolute atomic E-state index is 0.0308. The van der Waals surface area contributed by atoms with Gasteiger partial charge >= 0.3 is 0 Å². The van der Waals surface area contributed by atoms with Gasteiger partial charge in [-0.25, -0.2) is 12.7 Å². The van der Waals surface area contributed by atoms with E-state index in [1.807, 2.05) is 26.0 Å². The van der Waals surface area contributed by atoms with E-state index in [9.17, 15) is 18.0 Å². The lowest BCUT2D eigenvalue weighted by molar-refractivity contribution is -0.135. The zero-order valence-corrected chi connectivity index (χ0v) is 17.6. The first-order valence-electron chi connectivity index (χ1n) is 9.79. The van der Waals surface area contributed by atoms with Gasteiger partial charge in [-0.2, -0.15) is 0 Å². The normalized spacial score (nSPS) is 21.3. The van der Waals surface area contributed by atoms with Gasteiger partial charge in [-0.3, -0.25) is 9.59 Å². The SMILES string of the molecule is Cc1ccc([C@@H]2CCCN2C(=O)[C@@H](C)N2C(=O)c3ccccc3S2(=O)=O)cc1C. The third kappa shape index (κ3) is 3.04. The summed E-state index contributed by atoms with van der Waals surface area (Å²) in [5.74, 6) is -0.973. The molecule has 0 aromatic heterocycles. The summed E-state index contributed by atoms with van der Waals surface area (Å²) in [6.45, 7) is 6.13. The number of rotatable bonds is 3. The maximum Gasteiger partial charge on any atom is 0.269 e. The Morgan fingerprint density at radius 1 is 1.10 bits per heavy atom. The van der Waals surface area contributed by atoms with Crippen molar-refractivity contribution in [3.63, 3.8) is 0 Å². The molecule has 152 valence electrons. The predicted octanol–water partition coefficient (Wildman–Crippen LogP) is 3.20. The van der Waals surface area contributed by atoms with Crippen LogP contribution in [0.1, 0.15) is 52.9 Å². The summed E-state index contributed by atoms with van der Waals surface area (Å²) < 4.78 is 26.6. The molecule has 29 heavy (non-hydrogen) atoms. The van der Waals surface area contributed by atoms with Crippen molar-refractivity contribution >= 4 is 21.8 Å². The third-order valence-corrected chi connectivity index (χ3v) is 7.93. The van der Waals surface area contributed by atoms with E-state index in [-0.39, 0.29) is 22.4 Å². The Labute approximate surface area is 171 Å². The number of amides is 2. The summed E-state index contributed by atoms with van der Waals surface area (Å²) in [6.07, 6.45) is 1.67. The average Bonchev–Trinajstić information content (AvgIpc) is 3.25. The largest absolute Gasteiger partial charge is 0.334 e. The Morgan fingerprint density at radius 3 is 2.52 bits per heavy atom. The van der Waals surface area contributed by atoms with E-state index in [2.05, 4.69) is 6.07 Å². The van der Waals surface area contributed by atoms with Gasteiger partial charge in [0.1, 0.15) is 10.9 Å². The minimum Gasteiger partial charge on any atom is -0.334 e. The number of carbonyl (C=O) groups is 2. The first-order valence-corrected chi connectivity index (χ1v) is 11.2. The number of fused-ring (bicyclic) bond motifs is 1. The maximum absolute atomic E-state index is 13.3. The Bertz CT molecular complexity index is 1110. The van der Waals surface area contributed by atoms with Gasteiger partial charge in [0, 0.05) is 6.54 Å². The van der Waals surface area contributed by atoms with Crippen molar-refractivity contribution in [2.75, 3.05) is 6.54 Å². The monoisotopic (exact) mass is 412 g/mol. The molecule has 2 aromatic carbocycles. The number of nitrogens with zero attached hydrogens (tertiary/aromatic N) is 2. The van der Waals surface area contributed by atoms with Crippen molar-refractivity contribution in [2.45, 2.75) is 50.6 Å². The van der Waals surface area contributed by atoms with Gasteiger partial charge < -0.3 is 4.90 Å². The summed E-state index contributed by atoms with van der Waals surface area (Å²) in [6, 6.07) is 11.1. The smallest absolute Gasteiger partial charge is 0.269 e. The van der Waals surface area contributed by atoms with Gasteiger partial charge in [-0.15, -0.1) is 0 Å². The molecule has 0 saturated carbocycles. The fourth-order valence-corrected chi connectivity index (χ4v) is 5.99. The molecule has 2 heterocycles. The Balaban J connectivity index is 1.64. The fourth-order valence-electron chi connectivity index (χ4n) is 4.28. The minimum atomic E-state index is -4.03. The zero-order valence-electron chi connectivity index (χ0n) is 16.8. The number of benzene rings is 2. The summed E-state index contributed by atoms with van der Waals surface area (Å²) in [7, 11) is -4.03. The molecule has 0 radical (unpaired) electrons. The number of likely N-dealkylation sites (tertiary alicyclic amines) is 1. The summed E-state index contributed by atoms with van der Waals surface area (Å²) >= 11 is 0. The van der Waals surface area contributed by atoms with E-state index in [1.54, 1.807) is 17.0 Å². The molecule has 4 rings (SSSR count). The molecule has 0 unspecified atom stereocenters. The van der Waals surface area contributed by atoms with Gasteiger partial charge in [0.25, 0.3) is 15.9 Å². The molecule has 2 aromatic rings. The molecule has 1 fully saturated rings. The predicted molar refractivity (Wildman–Crippen MR) is 109 cm³/mol. The van der Waals surface area contributed by atoms with Crippen LogP contribution in [0.4, 0.5) is 0 Å². The van der Waals surface area contributed by atoms with Crippen LogP contribution >= 0.6 is 0 Å². The second-order valence-corrected chi connectivity index (χ2v) is 9.59. The van der Waals surface area contributed by atoms with Gasteiger partial charge in [-0.1, -0.05) is 30.3 Å². The summed E-state index contributed by atoms with van der Waals surface area (Å²) in [4.78, 5) is 27.8. The molecule has 0 N–H and O–H groups in total. The van der Waals surface area contributed by atoms with Crippen molar-refractivity contribution in [2.24, 2.45) is 0 Å². The molecular weight excluding hydrogens is 388 g/mol. The van der Waals surface area contributed by atoms with Crippen LogP contribution in [0.15, 0.2) is 47.4 Å². The maximum atomic E-state index is 13.3. The highest BCUT2D eigenvalue weighted by Crippen LogP contribution is 2.36. The van der Waals surface area contributed by atoms with Crippen molar-refractivity contribution < 1.29 is 18.0 Å². The molecule has 7 heteroatoms. The first-order chi connectivity index (χ1) is 13.7. The van der Waals surface area contributed by atoms with Crippen LogP contribution in [-0.4, -0.2) is 42.0 Å². The van der Waals surface area contributed by atoms with E-state index >= 15 is 0 Å². The van der Waals surface area contributed by atoms with Crippen molar-refractivity contribution in [1.82, 2.24) is 9.21 Å². The molecule has 2 aliphatic rings. The molecular formula is C22H24N2O4S. The molecule has 1 saturated heterocycles. The number of carbonyl (C=O) groups excluding carboxylic acids is 2. The highest BCUT2D eigenvalue weighted by Gasteiger charge is 2.47. The number of hydrogen-bond donors (Lipinski definition) is 0. The number of hydrogen-bond acceptors (Lipinski definition) is 4. The highest BCUT2D eigenvalue weighted by molar-refractivity contribution is 7.90. The van der Waals surface area contributed by atoms with Crippen LogP contribution < -0.4 is 0 Å². The molecule has 2 amide bonds. The Hall–Kier alpha value is -2.67. The topological polar surface area (TPSA) is 74.8 Å². The second kappa shape index (κ2) is 6.99. The van der Waals surface area contributed by atoms with Crippen LogP contribution in [0.25, 0.3) is 0 Å². The standard InChI is InChI=1S/C22H24N2O4S/c1-14-10-11-17(13-15(14)2)19-8-6-12-23(19)21(25)16(3)24-22(26)18-7-4-5-9-20(18)29(24,27)28/h4-5,7,9-11,13,16,19H,6,8,12H2,1-3H3/t16-,19+/m1/s1. The molecule has 2 aliphatic heterocycles. The first kappa shape index (κ1) is 19.6. The van der Waals surface area contributed by atoms with E-state index < -0.39 is 22.0 Å². The highest BCUT2D eigenvalue weighted by atomic mass is 32.2. The third-order valence-electron chi connectivity index (χ3n) is 6.02. The van der Waals surface area contributed by atoms with E-state index in [1.165, 1.54) is 24.6 Å². The van der Waals surface area contributed by atoms with Gasteiger partial charge in [0.2, 0.25) is 5.91 Å². The average molecular weight is 413 g/mol. The van der Waals surface area contributed by atoms with Crippen molar-refractivity contribution in [1.29, 1.82) is 0 Å². The van der Waals surface area contributed by atoms with Crippen molar-refractivity contribution in [3.05, 3.63) is 64.7 Å². The lowest BCUT2D eigenvalue weighted by atomic mass is 9.99. The van der Waals surface area contributed by atoms with E-state index in [4.69, 9.17) is 0 Å². The van der Waals surface area contributed by atoms with Gasteiger partial charge in [-0.05, 0) is 62.4 Å². The zero-order chi connectivity index (χ0) is 20.9. The van der Waals surface area contributed by atoms with E-state index in [0.717, 1.165) is 28.3 Å².